The summed E-state index contributed by atoms with van der Waals surface area (Å²) in [7, 11) is 0. The average molecular weight is 406 g/mol. The number of nitrogens with zero attached hydrogens (tertiary/aromatic N) is 1. The van der Waals surface area contributed by atoms with Crippen molar-refractivity contribution in [2.24, 2.45) is 0 Å². The quantitative estimate of drug-likeness (QED) is 0.521. The van der Waals surface area contributed by atoms with Crippen molar-refractivity contribution >= 4 is 28.7 Å². The van der Waals surface area contributed by atoms with Gasteiger partial charge >= 0.3 is 0 Å². The molecule has 0 radical (unpaired) electrons. The predicted molar refractivity (Wildman–Crippen MR) is 112 cm³/mol. The summed E-state index contributed by atoms with van der Waals surface area (Å²) in [6.07, 6.45) is 2.53. The van der Waals surface area contributed by atoms with E-state index < -0.39 is 11.9 Å². The number of ether oxygens (including phenoxy) is 1. The van der Waals surface area contributed by atoms with Gasteiger partial charge in [-0.3, -0.25) is 14.4 Å². The van der Waals surface area contributed by atoms with Crippen molar-refractivity contribution in [3.8, 4) is 5.75 Å². The molecule has 1 aromatic heterocycles. The van der Waals surface area contributed by atoms with Gasteiger partial charge in [0.15, 0.2) is 5.78 Å². The van der Waals surface area contributed by atoms with Gasteiger partial charge in [-0.25, -0.2) is 0 Å². The number of para-hydroxylation sites is 1. The van der Waals surface area contributed by atoms with Crippen LogP contribution in [0.4, 0.5) is 0 Å². The lowest BCUT2D eigenvalue weighted by atomic mass is 10.1. The van der Waals surface area contributed by atoms with Gasteiger partial charge in [0.05, 0.1) is 6.04 Å². The van der Waals surface area contributed by atoms with Gasteiger partial charge in [-0.05, 0) is 36.1 Å². The van der Waals surface area contributed by atoms with Crippen molar-refractivity contribution in [3.63, 3.8) is 0 Å². The molecule has 0 aliphatic rings. The normalized spacial score (nSPS) is 11.6. The van der Waals surface area contributed by atoms with E-state index in [1.165, 1.54) is 4.57 Å². The number of rotatable bonds is 10. The molecule has 3 aromatic rings. The number of hydrogen-bond donors (Lipinski definition) is 1. The Morgan fingerprint density at radius 2 is 1.77 bits per heavy atom. The van der Waals surface area contributed by atoms with Crippen LogP contribution in [0.1, 0.15) is 12.8 Å². The second-order valence-corrected chi connectivity index (χ2v) is 6.77. The van der Waals surface area contributed by atoms with Crippen LogP contribution in [0.15, 0.2) is 71.7 Å². The first-order valence-electron chi connectivity index (χ1n) is 9.60. The Labute approximate surface area is 173 Å². The van der Waals surface area contributed by atoms with E-state index in [1.54, 1.807) is 48.7 Å². The van der Waals surface area contributed by atoms with E-state index in [9.17, 15) is 19.2 Å². The lowest BCUT2D eigenvalue weighted by Crippen LogP contribution is -2.45. The molecule has 0 saturated carbocycles. The number of carbonyl (C=O) groups excluding carboxylic acids is 3. The summed E-state index contributed by atoms with van der Waals surface area (Å²) >= 11 is 0. The highest BCUT2D eigenvalue weighted by molar-refractivity contribution is 5.90. The van der Waals surface area contributed by atoms with Gasteiger partial charge in [-0.1, -0.05) is 36.4 Å². The molecule has 1 N–H and O–H groups in total. The van der Waals surface area contributed by atoms with Crippen LogP contribution in [-0.4, -0.2) is 35.2 Å². The van der Waals surface area contributed by atoms with Crippen LogP contribution in [0.25, 0.3) is 10.8 Å². The maximum Gasteiger partial charge on any atom is 0.258 e. The Kier molecular flexibility index (Phi) is 7.10. The summed E-state index contributed by atoms with van der Waals surface area (Å²) in [5.74, 6) is -0.301. The molecule has 2 aromatic carbocycles. The minimum Gasteiger partial charge on any atom is -0.486 e. The van der Waals surface area contributed by atoms with Crippen molar-refractivity contribution < 1.29 is 19.1 Å². The molecular formula is C23H22N2O5. The maximum absolute atomic E-state index is 12.6. The topological polar surface area (TPSA) is 94.5 Å². The van der Waals surface area contributed by atoms with E-state index in [0.717, 1.165) is 5.39 Å². The Morgan fingerprint density at radius 3 is 2.53 bits per heavy atom. The van der Waals surface area contributed by atoms with E-state index in [4.69, 9.17) is 4.74 Å². The minimum absolute atomic E-state index is 0.123. The van der Waals surface area contributed by atoms with Crippen LogP contribution in [0.2, 0.25) is 0 Å². The second-order valence-electron chi connectivity index (χ2n) is 6.77. The van der Waals surface area contributed by atoms with Gasteiger partial charge in [0, 0.05) is 18.0 Å². The smallest absolute Gasteiger partial charge is 0.258 e. The highest BCUT2D eigenvalue weighted by Crippen LogP contribution is 2.10. The van der Waals surface area contributed by atoms with Crippen LogP contribution in [0, 0.1) is 0 Å². The summed E-state index contributed by atoms with van der Waals surface area (Å²) in [6, 6.07) is 16.8. The van der Waals surface area contributed by atoms with Gasteiger partial charge in [0.1, 0.15) is 25.2 Å². The lowest BCUT2D eigenvalue weighted by Gasteiger charge is -2.17. The maximum atomic E-state index is 12.6. The van der Waals surface area contributed by atoms with Crippen molar-refractivity contribution in [1.29, 1.82) is 0 Å². The third-order valence-corrected chi connectivity index (χ3v) is 4.62. The molecule has 1 unspecified atom stereocenters. The first kappa shape index (κ1) is 21.0. The molecule has 0 saturated heterocycles. The zero-order chi connectivity index (χ0) is 21.3. The van der Waals surface area contributed by atoms with E-state index >= 15 is 0 Å². The van der Waals surface area contributed by atoms with Crippen LogP contribution in [0.3, 0.4) is 0 Å². The van der Waals surface area contributed by atoms with Gasteiger partial charge in [0.25, 0.3) is 5.56 Å². The van der Waals surface area contributed by atoms with E-state index in [-0.39, 0.29) is 37.3 Å². The van der Waals surface area contributed by atoms with Crippen LogP contribution in [-0.2, 0) is 20.9 Å². The molecule has 1 amide bonds. The number of aldehydes is 1. The standard InChI is InChI=1S/C23H22N2O5/c26-14-6-11-20(21(27)16-30-18-8-2-1-3-9-18)24-22(28)15-25-13-12-17-7-4-5-10-19(17)23(25)29/h1-5,7-10,12-14,20H,6,11,15-16H2,(H,24,28). The van der Waals surface area contributed by atoms with Crippen LogP contribution < -0.4 is 15.6 Å². The predicted octanol–water partition coefficient (Wildman–Crippen LogP) is 2.11. The number of aromatic nitrogens is 1. The number of fused-ring (bicyclic) bond motifs is 1. The third kappa shape index (κ3) is 5.41. The Balaban J connectivity index is 1.66. The Morgan fingerprint density at radius 1 is 1.03 bits per heavy atom. The monoisotopic (exact) mass is 406 g/mol. The third-order valence-electron chi connectivity index (χ3n) is 4.62. The molecule has 0 fully saturated rings. The number of Topliss-reactive ketones (excluding diaryl/α,β-unsaturated/α-hetero) is 1. The van der Waals surface area contributed by atoms with Gasteiger partial charge < -0.3 is 19.4 Å². The van der Waals surface area contributed by atoms with Gasteiger partial charge in [-0.15, -0.1) is 0 Å². The zero-order valence-electron chi connectivity index (χ0n) is 16.3. The number of hydrogen-bond acceptors (Lipinski definition) is 5. The van der Waals surface area contributed by atoms with Crippen molar-refractivity contribution in [2.75, 3.05) is 6.61 Å². The van der Waals surface area contributed by atoms with Crippen LogP contribution >= 0.6 is 0 Å². The van der Waals surface area contributed by atoms with Gasteiger partial charge in [-0.2, -0.15) is 0 Å². The molecule has 30 heavy (non-hydrogen) atoms. The van der Waals surface area contributed by atoms with Crippen molar-refractivity contribution in [3.05, 3.63) is 77.2 Å². The van der Waals surface area contributed by atoms with E-state index in [2.05, 4.69) is 5.32 Å². The van der Waals surface area contributed by atoms with E-state index in [1.807, 2.05) is 18.2 Å². The van der Waals surface area contributed by atoms with Crippen molar-refractivity contribution in [2.45, 2.75) is 25.4 Å². The lowest BCUT2D eigenvalue weighted by molar-refractivity contribution is -0.129. The highest BCUT2D eigenvalue weighted by Gasteiger charge is 2.21. The highest BCUT2D eigenvalue weighted by atomic mass is 16.5. The fourth-order valence-corrected chi connectivity index (χ4v) is 3.07. The average Bonchev–Trinajstić information content (AvgIpc) is 2.77. The van der Waals surface area contributed by atoms with E-state index in [0.29, 0.717) is 17.4 Å². The molecule has 7 nitrogen and oxygen atoms in total. The summed E-state index contributed by atoms with van der Waals surface area (Å²) in [4.78, 5) is 48.3. The number of ketones is 1. The Hall–Kier alpha value is -3.74. The molecule has 1 atom stereocenters. The fourth-order valence-electron chi connectivity index (χ4n) is 3.07. The van der Waals surface area contributed by atoms with Gasteiger partial charge in [0.2, 0.25) is 5.91 Å². The molecule has 3 rings (SSSR count). The SMILES string of the molecule is O=CCCC(NC(=O)Cn1ccc2ccccc2c1=O)C(=O)COc1ccccc1. The molecule has 154 valence electrons. The molecule has 0 bridgehead atoms. The first-order valence-corrected chi connectivity index (χ1v) is 9.60. The molecular weight excluding hydrogens is 384 g/mol. The second kappa shape index (κ2) is 10.2. The summed E-state index contributed by atoms with van der Waals surface area (Å²) in [5.41, 5.74) is -0.286. The molecule has 0 aliphatic carbocycles. The number of benzene rings is 2. The first-order chi connectivity index (χ1) is 14.6. The number of pyridine rings is 1. The van der Waals surface area contributed by atoms with Crippen molar-refractivity contribution in [1.82, 2.24) is 9.88 Å². The zero-order valence-corrected chi connectivity index (χ0v) is 16.3. The summed E-state index contributed by atoms with van der Waals surface area (Å²) in [5, 5.41) is 3.92. The molecule has 1 heterocycles. The number of amides is 1. The Bertz CT molecular complexity index is 1090. The minimum atomic E-state index is -0.873. The molecule has 0 spiro atoms. The number of carbonyl (C=O) groups is 3. The fraction of sp³-hybridized carbons (Fsp3) is 0.217. The number of nitrogens with one attached hydrogen (secondary N) is 1. The largest absolute Gasteiger partial charge is 0.486 e. The summed E-state index contributed by atoms with van der Waals surface area (Å²) < 4.78 is 6.74. The summed E-state index contributed by atoms with van der Waals surface area (Å²) in [6.45, 7) is -0.460. The molecule has 0 aliphatic heterocycles. The van der Waals surface area contributed by atoms with Crippen LogP contribution in [0.5, 0.6) is 5.75 Å². The molecule has 7 heteroatoms.